The van der Waals surface area contributed by atoms with Crippen LogP contribution in [0.5, 0.6) is 0 Å². The van der Waals surface area contributed by atoms with E-state index in [4.69, 9.17) is 5.84 Å². The monoisotopic (exact) mass is 301 g/mol. The van der Waals surface area contributed by atoms with Crippen LogP contribution in [0.1, 0.15) is 44.1 Å². The molecular weight excluding hydrogens is 274 g/mol. The van der Waals surface area contributed by atoms with E-state index in [9.17, 15) is 4.79 Å². The Morgan fingerprint density at radius 3 is 2.41 bits per heavy atom. The fourth-order valence-corrected chi connectivity index (χ4v) is 4.46. The van der Waals surface area contributed by atoms with Crippen LogP contribution < -0.4 is 11.3 Å². The number of carbonyl (C=O) groups excluding carboxylic acids is 1. The maximum Gasteiger partial charge on any atom is 0.240 e. The van der Waals surface area contributed by atoms with Gasteiger partial charge in [-0.2, -0.15) is 0 Å². The number of likely N-dealkylation sites (tertiary alicyclic amines) is 1. The summed E-state index contributed by atoms with van der Waals surface area (Å²) in [4.78, 5) is 14.9. The second kappa shape index (κ2) is 6.80. The minimum absolute atomic E-state index is 0.0755. The molecule has 0 spiro atoms. The molecule has 1 aliphatic carbocycles. The zero-order valence-electron chi connectivity index (χ0n) is 13.3. The third kappa shape index (κ3) is 3.03. The predicted octanol–water partition coefficient (Wildman–Crippen LogP) is 2.45. The van der Waals surface area contributed by atoms with E-state index >= 15 is 0 Å². The molecule has 0 aromatic heterocycles. The van der Waals surface area contributed by atoms with Crippen molar-refractivity contribution in [1.29, 1.82) is 0 Å². The van der Waals surface area contributed by atoms with Gasteiger partial charge in [-0.1, -0.05) is 43.2 Å². The van der Waals surface area contributed by atoms with Crippen LogP contribution in [0.25, 0.3) is 0 Å². The highest BCUT2D eigenvalue weighted by molar-refractivity contribution is 5.82. The van der Waals surface area contributed by atoms with Crippen molar-refractivity contribution in [2.24, 2.45) is 17.2 Å². The molecule has 3 N–H and O–H groups in total. The fraction of sp³-hybridized carbons (Fsp3) is 0.611. The summed E-state index contributed by atoms with van der Waals surface area (Å²) < 4.78 is 0. The van der Waals surface area contributed by atoms with Crippen LogP contribution in [0.3, 0.4) is 0 Å². The first-order valence-electron chi connectivity index (χ1n) is 8.52. The summed E-state index contributed by atoms with van der Waals surface area (Å²) in [5, 5.41) is 0. The van der Waals surface area contributed by atoms with E-state index in [-0.39, 0.29) is 11.3 Å². The van der Waals surface area contributed by atoms with Crippen LogP contribution >= 0.6 is 0 Å². The number of piperidine rings is 1. The van der Waals surface area contributed by atoms with Crippen molar-refractivity contribution in [3.8, 4) is 0 Å². The van der Waals surface area contributed by atoms with Crippen LogP contribution in [-0.4, -0.2) is 23.9 Å². The molecule has 1 saturated carbocycles. The molecule has 1 aliphatic heterocycles. The summed E-state index contributed by atoms with van der Waals surface area (Å²) in [5.41, 5.74) is 3.63. The largest absolute Gasteiger partial charge is 0.299 e. The van der Waals surface area contributed by atoms with Gasteiger partial charge in [0, 0.05) is 6.54 Å². The van der Waals surface area contributed by atoms with Gasteiger partial charge in [-0.25, -0.2) is 5.84 Å². The zero-order chi connectivity index (χ0) is 15.4. The van der Waals surface area contributed by atoms with Crippen molar-refractivity contribution in [2.45, 2.75) is 45.1 Å². The molecule has 1 aromatic carbocycles. The summed E-state index contributed by atoms with van der Waals surface area (Å²) in [5.74, 6) is 6.03. The Bertz CT molecular complexity index is 488. The van der Waals surface area contributed by atoms with E-state index < -0.39 is 0 Å². The number of hydrogen-bond acceptors (Lipinski definition) is 3. The predicted molar refractivity (Wildman–Crippen MR) is 87.7 cm³/mol. The number of nitrogens with two attached hydrogens (primary N) is 1. The highest BCUT2D eigenvalue weighted by atomic mass is 16.2. The maximum absolute atomic E-state index is 12.4. The molecule has 3 rings (SSSR count). The maximum atomic E-state index is 12.4. The number of rotatable bonds is 4. The quantitative estimate of drug-likeness (QED) is 0.510. The van der Waals surface area contributed by atoms with E-state index in [1.165, 1.54) is 5.56 Å². The average molecular weight is 301 g/mol. The Morgan fingerprint density at radius 2 is 1.82 bits per heavy atom. The van der Waals surface area contributed by atoms with Gasteiger partial charge < -0.3 is 0 Å². The molecule has 2 aliphatic rings. The van der Waals surface area contributed by atoms with Crippen molar-refractivity contribution in [3.05, 3.63) is 35.9 Å². The molecule has 1 heterocycles. The highest BCUT2D eigenvalue weighted by Gasteiger charge is 2.47. The van der Waals surface area contributed by atoms with Crippen LogP contribution in [0.15, 0.2) is 30.3 Å². The van der Waals surface area contributed by atoms with Gasteiger partial charge in [0.25, 0.3) is 0 Å². The van der Waals surface area contributed by atoms with Gasteiger partial charge in [0.15, 0.2) is 0 Å². The molecule has 4 nitrogen and oxygen atoms in total. The molecule has 0 atom stereocenters. The number of nitrogens with zero attached hydrogens (tertiary/aromatic N) is 1. The average Bonchev–Trinajstić information content (AvgIpc) is 3.07. The molecule has 0 bridgehead atoms. The van der Waals surface area contributed by atoms with Gasteiger partial charge >= 0.3 is 0 Å². The number of carbonyl (C=O) groups is 1. The first-order valence-corrected chi connectivity index (χ1v) is 8.52. The first kappa shape index (κ1) is 15.5. The Hall–Kier alpha value is -1.39. The molecule has 1 amide bonds. The molecule has 2 fully saturated rings. The van der Waals surface area contributed by atoms with E-state index in [2.05, 4.69) is 40.7 Å². The van der Waals surface area contributed by atoms with Gasteiger partial charge in [0.2, 0.25) is 5.91 Å². The van der Waals surface area contributed by atoms with Gasteiger partial charge in [-0.15, -0.1) is 0 Å². The lowest BCUT2D eigenvalue weighted by Gasteiger charge is -2.41. The summed E-state index contributed by atoms with van der Waals surface area (Å²) in [7, 11) is 0. The SMILES string of the molecule is NNC(=O)C1(C2CCN(Cc3ccccc3)CC2)CCCC1. The van der Waals surface area contributed by atoms with E-state index in [1.54, 1.807) is 0 Å². The normalized spacial score (nSPS) is 22.6. The highest BCUT2D eigenvalue weighted by Crippen LogP contribution is 2.48. The summed E-state index contributed by atoms with van der Waals surface area (Å²) in [6.45, 7) is 3.18. The summed E-state index contributed by atoms with van der Waals surface area (Å²) in [6.07, 6.45) is 6.58. The number of amides is 1. The molecule has 1 saturated heterocycles. The second-order valence-electron chi connectivity index (χ2n) is 6.87. The van der Waals surface area contributed by atoms with E-state index in [0.29, 0.717) is 5.92 Å². The third-order valence-electron chi connectivity index (χ3n) is 5.70. The van der Waals surface area contributed by atoms with Gasteiger partial charge in [0.1, 0.15) is 0 Å². The van der Waals surface area contributed by atoms with Crippen molar-refractivity contribution in [1.82, 2.24) is 10.3 Å². The third-order valence-corrected chi connectivity index (χ3v) is 5.70. The van der Waals surface area contributed by atoms with E-state index in [1.807, 2.05) is 0 Å². The summed E-state index contributed by atoms with van der Waals surface area (Å²) in [6, 6.07) is 10.6. The minimum Gasteiger partial charge on any atom is -0.299 e. The van der Waals surface area contributed by atoms with Gasteiger partial charge in [-0.05, 0) is 50.3 Å². The molecule has 22 heavy (non-hydrogen) atoms. The number of hydrogen-bond donors (Lipinski definition) is 2. The Balaban J connectivity index is 1.60. The number of benzene rings is 1. The van der Waals surface area contributed by atoms with Crippen LogP contribution in [-0.2, 0) is 11.3 Å². The van der Waals surface area contributed by atoms with Gasteiger partial charge in [-0.3, -0.25) is 15.1 Å². The smallest absolute Gasteiger partial charge is 0.240 e. The first-order chi connectivity index (χ1) is 10.7. The Kier molecular flexibility index (Phi) is 4.79. The van der Waals surface area contributed by atoms with Crippen molar-refractivity contribution in [3.63, 3.8) is 0 Å². The topological polar surface area (TPSA) is 58.4 Å². The molecule has 1 aromatic rings. The number of nitrogens with one attached hydrogen (secondary N) is 1. The summed E-state index contributed by atoms with van der Waals surface area (Å²) >= 11 is 0. The minimum atomic E-state index is -0.187. The molecule has 4 heteroatoms. The van der Waals surface area contributed by atoms with Crippen molar-refractivity contribution >= 4 is 5.91 Å². The fourth-order valence-electron chi connectivity index (χ4n) is 4.46. The lowest BCUT2D eigenvalue weighted by molar-refractivity contribution is -0.135. The molecule has 120 valence electrons. The molecule has 0 unspecified atom stereocenters. The Morgan fingerprint density at radius 1 is 1.18 bits per heavy atom. The lowest BCUT2D eigenvalue weighted by Crippen LogP contribution is -2.50. The van der Waals surface area contributed by atoms with Crippen LogP contribution in [0.2, 0.25) is 0 Å². The van der Waals surface area contributed by atoms with E-state index in [0.717, 1.165) is 58.2 Å². The van der Waals surface area contributed by atoms with Gasteiger partial charge in [0.05, 0.1) is 5.41 Å². The lowest BCUT2D eigenvalue weighted by atomic mass is 9.69. The Labute approximate surface area is 133 Å². The number of hydrazine groups is 1. The van der Waals surface area contributed by atoms with Crippen molar-refractivity contribution in [2.75, 3.05) is 13.1 Å². The zero-order valence-corrected chi connectivity index (χ0v) is 13.3. The molecule has 0 radical (unpaired) electrons. The van der Waals surface area contributed by atoms with Crippen LogP contribution in [0.4, 0.5) is 0 Å². The van der Waals surface area contributed by atoms with Crippen LogP contribution in [0, 0.1) is 11.3 Å². The molecular formula is C18H27N3O. The second-order valence-corrected chi connectivity index (χ2v) is 6.87. The standard InChI is InChI=1S/C18H27N3O/c19-20-17(22)18(10-4-5-11-18)16-8-12-21(13-9-16)14-15-6-2-1-3-7-15/h1-3,6-7,16H,4-5,8-14,19H2,(H,20,22). The van der Waals surface area contributed by atoms with Crippen molar-refractivity contribution < 1.29 is 4.79 Å².